The molecule has 24 heavy (non-hydrogen) atoms. The minimum atomic E-state index is 0.120. The van der Waals surface area contributed by atoms with E-state index in [0.717, 1.165) is 34.7 Å². The van der Waals surface area contributed by atoms with E-state index in [2.05, 4.69) is 36.2 Å². The molecule has 0 saturated carbocycles. The fraction of sp³-hybridized carbons (Fsp3) is 0.632. The summed E-state index contributed by atoms with van der Waals surface area (Å²) < 4.78 is 1.88. The van der Waals surface area contributed by atoms with E-state index in [1.54, 1.807) is 0 Å². The highest BCUT2D eigenvalue weighted by atomic mass is 16.1. The third-order valence-electron chi connectivity index (χ3n) is 4.54. The highest BCUT2D eigenvalue weighted by Gasteiger charge is 2.13. The second-order valence-electron chi connectivity index (χ2n) is 6.78. The Labute approximate surface area is 144 Å². The van der Waals surface area contributed by atoms with Gasteiger partial charge in [0.15, 0.2) is 5.65 Å². The molecular weight excluding hydrogens is 300 g/mol. The predicted octanol–water partition coefficient (Wildman–Crippen LogP) is 3.67. The second-order valence-corrected chi connectivity index (χ2v) is 6.78. The average molecular weight is 330 g/mol. The van der Waals surface area contributed by atoms with Crippen LogP contribution in [0.3, 0.4) is 0 Å². The van der Waals surface area contributed by atoms with Gasteiger partial charge in [-0.2, -0.15) is 5.10 Å². The van der Waals surface area contributed by atoms with Crippen molar-refractivity contribution in [1.29, 1.82) is 0 Å². The summed E-state index contributed by atoms with van der Waals surface area (Å²) in [5, 5.41) is 7.59. The normalized spacial score (nSPS) is 12.5. The largest absolute Gasteiger partial charge is 0.354 e. The van der Waals surface area contributed by atoms with Crippen LogP contribution in [-0.4, -0.2) is 26.5 Å². The molecule has 132 valence electrons. The third kappa shape index (κ3) is 4.56. The van der Waals surface area contributed by atoms with Crippen molar-refractivity contribution in [2.24, 2.45) is 0 Å². The lowest BCUT2D eigenvalue weighted by atomic mass is 10.1. The number of aryl methyl sites for hydroxylation is 3. The molecular formula is C19H30N4O. The third-order valence-corrected chi connectivity index (χ3v) is 4.54. The molecule has 1 unspecified atom stereocenters. The molecule has 0 bridgehead atoms. The summed E-state index contributed by atoms with van der Waals surface area (Å²) in [6.07, 6.45) is 5.86. The minimum absolute atomic E-state index is 0.120. The van der Waals surface area contributed by atoms with Crippen molar-refractivity contribution >= 4 is 11.6 Å². The van der Waals surface area contributed by atoms with Crippen LogP contribution in [0.2, 0.25) is 0 Å². The topological polar surface area (TPSA) is 59.3 Å². The van der Waals surface area contributed by atoms with Gasteiger partial charge in [-0.15, -0.1) is 0 Å². The summed E-state index contributed by atoms with van der Waals surface area (Å²) >= 11 is 0. The van der Waals surface area contributed by atoms with Gasteiger partial charge in [0.25, 0.3) is 0 Å². The zero-order valence-corrected chi connectivity index (χ0v) is 15.6. The predicted molar refractivity (Wildman–Crippen MR) is 97.3 cm³/mol. The maximum absolute atomic E-state index is 12.2. The van der Waals surface area contributed by atoms with E-state index >= 15 is 0 Å². The van der Waals surface area contributed by atoms with Crippen LogP contribution in [0.5, 0.6) is 0 Å². The van der Waals surface area contributed by atoms with Crippen molar-refractivity contribution in [3.63, 3.8) is 0 Å². The number of nitrogens with one attached hydrogen (secondary N) is 1. The Bertz CT molecular complexity index is 705. The summed E-state index contributed by atoms with van der Waals surface area (Å²) in [5.41, 5.74) is 5.03. The molecule has 0 fully saturated rings. The van der Waals surface area contributed by atoms with Crippen LogP contribution < -0.4 is 5.32 Å². The summed E-state index contributed by atoms with van der Waals surface area (Å²) in [6, 6.07) is 2.23. The van der Waals surface area contributed by atoms with E-state index in [9.17, 15) is 4.79 Å². The molecule has 0 aliphatic rings. The summed E-state index contributed by atoms with van der Waals surface area (Å²) in [5.74, 6) is 0.120. The van der Waals surface area contributed by atoms with Gasteiger partial charge in [-0.3, -0.25) is 4.79 Å². The number of unbranched alkanes of at least 4 members (excludes halogenated alkanes) is 2. The molecule has 5 heteroatoms. The minimum Gasteiger partial charge on any atom is -0.354 e. The van der Waals surface area contributed by atoms with E-state index in [1.807, 2.05) is 24.4 Å². The number of carbonyl (C=O) groups is 1. The quantitative estimate of drug-likeness (QED) is 0.751. The van der Waals surface area contributed by atoms with E-state index in [-0.39, 0.29) is 11.9 Å². The van der Waals surface area contributed by atoms with Crippen LogP contribution in [0.1, 0.15) is 68.6 Å². The SMILES string of the molecule is CCCCCC(C)NC(=O)CCc1c(C)nc2cc(C)nn2c1C. The number of fused-ring (bicyclic) bond motifs is 1. The molecule has 0 saturated heterocycles. The van der Waals surface area contributed by atoms with Gasteiger partial charge in [0, 0.05) is 29.9 Å². The first-order valence-corrected chi connectivity index (χ1v) is 9.04. The van der Waals surface area contributed by atoms with Crippen LogP contribution in [0.15, 0.2) is 6.07 Å². The zero-order valence-electron chi connectivity index (χ0n) is 15.6. The number of rotatable bonds is 8. The van der Waals surface area contributed by atoms with Gasteiger partial charge in [-0.25, -0.2) is 9.50 Å². The molecule has 1 amide bonds. The smallest absolute Gasteiger partial charge is 0.220 e. The average Bonchev–Trinajstić information content (AvgIpc) is 2.87. The lowest BCUT2D eigenvalue weighted by Gasteiger charge is -2.15. The van der Waals surface area contributed by atoms with Gasteiger partial charge < -0.3 is 5.32 Å². The molecule has 2 aromatic rings. The van der Waals surface area contributed by atoms with Crippen molar-refractivity contribution in [2.75, 3.05) is 0 Å². The van der Waals surface area contributed by atoms with Crippen molar-refractivity contribution in [1.82, 2.24) is 19.9 Å². The molecule has 1 N–H and O–H groups in total. The van der Waals surface area contributed by atoms with E-state index < -0.39 is 0 Å². The molecule has 1 atom stereocenters. The van der Waals surface area contributed by atoms with Crippen molar-refractivity contribution in [3.05, 3.63) is 28.7 Å². The monoisotopic (exact) mass is 330 g/mol. The lowest BCUT2D eigenvalue weighted by Crippen LogP contribution is -2.32. The molecule has 0 aliphatic carbocycles. The molecule has 0 spiro atoms. The fourth-order valence-electron chi connectivity index (χ4n) is 3.16. The Morgan fingerprint density at radius 2 is 2.04 bits per heavy atom. The van der Waals surface area contributed by atoms with Crippen molar-refractivity contribution in [3.8, 4) is 0 Å². The first kappa shape index (κ1) is 18.4. The number of carbonyl (C=O) groups excluding carboxylic acids is 1. The van der Waals surface area contributed by atoms with Crippen LogP contribution >= 0.6 is 0 Å². The number of hydrogen-bond acceptors (Lipinski definition) is 3. The van der Waals surface area contributed by atoms with E-state index in [0.29, 0.717) is 12.8 Å². The molecule has 2 aromatic heterocycles. The van der Waals surface area contributed by atoms with Gasteiger partial charge in [0.2, 0.25) is 5.91 Å². The Morgan fingerprint density at radius 3 is 2.75 bits per heavy atom. The lowest BCUT2D eigenvalue weighted by molar-refractivity contribution is -0.121. The van der Waals surface area contributed by atoms with E-state index in [1.165, 1.54) is 19.3 Å². The zero-order chi connectivity index (χ0) is 17.7. The molecule has 0 radical (unpaired) electrons. The van der Waals surface area contributed by atoms with Crippen molar-refractivity contribution < 1.29 is 4.79 Å². The van der Waals surface area contributed by atoms with Crippen LogP contribution in [0.25, 0.3) is 5.65 Å². The Morgan fingerprint density at radius 1 is 1.29 bits per heavy atom. The van der Waals surface area contributed by atoms with Gasteiger partial charge in [-0.05, 0) is 46.1 Å². The van der Waals surface area contributed by atoms with Gasteiger partial charge >= 0.3 is 0 Å². The van der Waals surface area contributed by atoms with Gasteiger partial charge in [0.1, 0.15) is 0 Å². The number of hydrogen-bond donors (Lipinski definition) is 1. The summed E-state index contributed by atoms with van der Waals surface area (Å²) in [4.78, 5) is 16.8. The molecule has 2 heterocycles. The molecule has 0 aliphatic heterocycles. The van der Waals surface area contributed by atoms with Crippen LogP contribution in [0, 0.1) is 20.8 Å². The van der Waals surface area contributed by atoms with Crippen LogP contribution in [-0.2, 0) is 11.2 Å². The summed E-state index contributed by atoms with van der Waals surface area (Å²) in [7, 11) is 0. The fourth-order valence-corrected chi connectivity index (χ4v) is 3.16. The van der Waals surface area contributed by atoms with Gasteiger partial charge in [-0.1, -0.05) is 26.2 Å². The molecule has 2 rings (SSSR count). The Kier molecular flexibility index (Phi) is 6.35. The van der Waals surface area contributed by atoms with Crippen LogP contribution in [0.4, 0.5) is 0 Å². The van der Waals surface area contributed by atoms with E-state index in [4.69, 9.17) is 0 Å². The maximum Gasteiger partial charge on any atom is 0.220 e. The number of nitrogens with zero attached hydrogens (tertiary/aromatic N) is 3. The maximum atomic E-state index is 12.2. The first-order valence-electron chi connectivity index (χ1n) is 9.04. The highest BCUT2D eigenvalue weighted by Crippen LogP contribution is 2.17. The van der Waals surface area contributed by atoms with Gasteiger partial charge in [0.05, 0.1) is 5.69 Å². The molecule has 5 nitrogen and oxygen atoms in total. The Balaban J connectivity index is 1.96. The summed E-state index contributed by atoms with van der Waals surface area (Å²) in [6.45, 7) is 10.3. The second kappa shape index (κ2) is 8.27. The highest BCUT2D eigenvalue weighted by molar-refractivity contribution is 5.76. The molecule has 0 aromatic carbocycles. The first-order chi connectivity index (χ1) is 11.4. The number of amides is 1. The standard InChI is InChI=1S/C19H30N4O/c1-6-7-8-9-13(2)20-19(24)11-10-17-15(4)21-18-12-14(3)22-23(18)16(17)5/h12-13H,6-11H2,1-5H3,(H,20,24). The van der Waals surface area contributed by atoms with Crippen molar-refractivity contribution in [2.45, 2.75) is 79.2 Å². The number of aromatic nitrogens is 3. The Hall–Kier alpha value is -1.91.